The number of rotatable bonds is 0. The molecular weight excluding hydrogens is 156 g/mol. The lowest BCUT2D eigenvalue weighted by Crippen LogP contribution is -2.10. The molecule has 0 heterocycles. The lowest BCUT2D eigenvalue weighted by molar-refractivity contribution is -0.134. The molecule has 0 spiro atoms. The maximum Gasteiger partial charge on any atom is 0.300 e. The van der Waals surface area contributed by atoms with E-state index in [0.717, 1.165) is 18.1 Å². The Morgan fingerprint density at radius 2 is 1.75 bits per heavy atom. The van der Waals surface area contributed by atoms with Crippen LogP contribution in [-0.2, 0) is 4.79 Å². The van der Waals surface area contributed by atoms with Crippen LogP contribution < -0.4 is 0 Å². The van der Waals surface area contributed by atoms with Crippen LogP contribution in [0.4, 0.5) is 0 Å². The zero-order valence-corrected chi connectivity index (χ0v) is 6.57. The van der Waals surface area contributed by atoms with Crippen LogP contribution in [0.25, 0.3) is 0 Å². The zero-order valence-electron chi connectivity index (χ0n) is 6.57. The van der Waals surface area contributed by atoms with Crippen molar-refractivity contribution in [1.82, 2.24) is 0 Å². The fourth-order valence-corrected chi connectivity index (χ4v) is 0.891. The first kappa shape index (κ1) is 8.46. The quantitative estimate of drug-likeness (QED) is 0.638. The number of carbonyl (C=O) groups is 2. The van der Waals surface area contributed by atoms with Gasteiger partial charge in [-0.3, -0.25) is 9.59 Å². The molecular formula is C9H8O3. The number of carboxylic acids is 1. The summed E-state index contributed by atoms with van der Waals surface area (Å²) in [5, 5.41) is 7.42. The molecule has 2 aliphatic carbocycles. The predicted octanol–water partition coefficient (Wildman–Crippen LogP) is 1.32. The van der Waals surface area contributed by atoms with Gasteiger partial charge in [-0.15, -0.1) is 0 Å². The Morgan fingerprint density at radius 1 is 1.33 bits per heavy atom. The van der Waals surface area contributed by atoms with Crippen molar-refractivity contribution in [3.8, 4) is 0 Å². The number of benzene rings is 1. The summed E-state index contributed by atoms with van der Waals surface area (Å²) in [7, 11) is 0. The van der Waals surface area contributed by atoms with E-state index in [-0.39, 0.29) is 5.78 Å². The van der Waals surface area contributed by atoms with Crippen LogP contribution in [0.1, 0.15) is 22.8 Å². The van der Waals surface area contributed by atoms with Crippen LogP contribution >= 0.6 is 0 Å². The first-order chi connectivity index (χ1) is 5.61. The standard InChI is InChI=1S/C7H4O.C2H4O2/c8-7-5-2-1-3-6(7)4-5;1-2(3)4/h1-4H;1H3,(H,3,4). The summed E-state index contributed by atoms with van der Waals surface area (Å²) in [6.07, 6.45) is 0. The molecule has 1 aromatic rings. The number of carbonyl (C=O) groups excluding carboxylic acids is 1. The van der Waals surface area contributed by atoms with Gasteiger partial charge in [-0.1, -0.05) is 18.2 Å². The van der Waals surface area contributed by atoms with Crippen molar-refractivity contribution in [1.29, 1.82) is 0 Å². The lowest BCUT2D eigenvalue weighted by Gasteiger charge is -2.10. The van der Waals surface area contributed by atoms with Gasteiger partial charge < -0.3 is 5.11 Å². The van der Waals surface area contributed by atoms with Gasteiger partial charge in [0.25, 0.3) is 5.97 Å². The molecule has 0 saturated carbocycles. The first-order valence-electron chi connectivity index (χ1n) is 3.45. The molecule has 0 saturated heterocycles. The van der Waals surface area contributed by atoms with Gasteiger partial charge in [-0.25, -0.2) is 0 Å². The Morgan fingerprint density at radius 3 is 1.92 bits per heavy atom. The minimum Gasteiger partial charge on any atom is -0.481 e. The normalized spacial score (nSPS) is 10.9. The maximum atomic E-state index is 10.7. The minimum absolute atomic E-state index is 0.201. The largest absolute Gasteiger partial charge is 0.481 e. The summed E-state index contributed by atoms with van der Waals surface area (Å²) < 4.78 is 0. The molecule has 0 amide bonds. The molecule has 3 nitrogen and oxygen atoms in total. The van der Waals surface area contributed by atoms with Gasteiger partial charge in [0.1, 0.15) is 0 Å². The van der Waals surface area contributed by atoms with Crippen molar-refractivity contribution in [2.75, 3.05) is 0 Å². The molecule has 3 heteroatoms. The van der Waals surface area contributed by atoms with Gasteiger partial charge in [0.05, 0.1) is 0 Å². The number of hydrogen-bond acceptors (Lipinski definition) is 2. The minimum atomic E-state index is -0.833. The van der Waals surface area contributed by atoms with E-state index in [0.29, 0.717) is 0 Å². The van der Waals surface area contributed by atoms with Crippen LogP contribution in [0.3, 0.4) is 0 Å². The highest BCUT2D eigenvalue weighted by molar-refractivity contribution is 6.16. The summed E-state index contributed by atoms with van der Waals surface area (Å²) in [5.41, 5.74) is 1.70. The molecule has 2 bridgehead atoms. The van der Waals surface area contributed by atoms with Crippen LogP contribution in [0.15, 0.2) is 24.3 Å². The van der Waals surface area contributed by atoms with E-state index in [9.17, 15) is 4.79 Å². The van der Waals surface area contributed by atoms with Gasteiger partial charge >= 0.3 is 0 Å². The van der Waals surface area contributed by atoms with Gasteiger partial charge in [-0.2, -0.15) is 0 Å². The Balaban J connectivity index is 0.000000157. The predicted molar refractivity (Wildman–Crippen MR) is 43.2 cm³/mol. The first-order valence-corrected chi connectivity index (χ1v) is 3.45. The Hall–Kier alpha value is -1.64. The van der Waals surface area contributed by atoms with Crippen molar-refractivity contribution in [2.45, 2.75) is 6.92 Å². The second-order valence-electron chi connectivity index (χ2n) is 2.43. The van der Waals surface area contributed by atoms with E-state index in [2.05, 4.69) is 0 Å². The fraction of sp³-hybridized carbons (Fsp3) is 0.111. The number of fused-ring (bicyclic) bond motifs is 2. The molecule has 0 atom stereocenters. The van der Waals surface area contributed by atoms with Gasteiger partial charge in [0, 0.05) is 18.1 Å². The number of hydrogen-bond donors (Lipinski definition) is 1. The molecule has 0 unspecified atom stereocenters. The topological polar surface area (TPSA) is 54.4 Å². The van der Waals surface area contributed by atoms with Crippen LogP contribution in [-0.4, -0.2) is 16.9 Å². The highest BCUT2D eigenvalue weighted by Gasteiger charge is 2.17. The van der Waals surface area contributed by atoms with E-state index >= 15 is 0 Å². The smallest absolute Gasteiger partial charge is 0.300 e. The average Bonchev–Trinajstić information content (AvgIpc) is 2.04. The highest BCUT2D eigenvalue weighted by atomic mass is 16.4. The average molecular weight is 164 g/mol. The van der Waals surface area contributed by atoms with Crippen molar-refractivity contribution < 1.29 is 14.7 Å². The van der Waals surface area contributed by atoms with Gasteiger partial charge in [0.15, 0.2) is 5.78 Å². The molecule has 0 aromatic heterocycles. The molecule has 3 rings (SSSR count). The molecule has 2 aliphatic rings. The Bertz CT molecular complexity index is 296. The third-order valence-corrected chi connectivity index (χ3v) is 1.39. The Kier molecular flexibility index (Phi) is 2.24. The van der Waals surface area contributed by atoms with Gasteiger partial charge in [-0.05, 0) is 6.07 Å². The molecule has 12 heavy (non-hydrogen) atoms. The summed E-state index contributed by atoms with van der Waals surface area (Å²) in [5.74, 6) is -0.632. The second-order valence-corrected chi connectivity index (χ2v) is 2.43. The number of aliphatic carboxylic acids is 1. The van der Waals surface area contributed by atoms with Crippen molar-refractivity contribution in [3.63, 3.8) is 0 Å². The van der Waals surface area contributed by atoms with E-state index in [1.54, 1.807) is 0 Å². The third kappa shape index (κ3) is 1.69. The molecule has 1 aromatic carbocycles. The van der Waals surface area contributed by atoms with Crippen LogP contribution in [0.2, 0.25) is 0 Å². The third-order valence-electron chi connectivity index (χ3n) is 1.39. The second kappa shape index (κ2) is 3.17. The van der Waals surface area contributed by atoms with Gasteiger partial charge in [0.2, 0.25) is 0 Å². The SMILES string of the molecule is CC(=O)O.O=C1c2cccc1c2. The lowest BCUT2D eigenvalue weighted by atomic mass is 9.92. The summed E-state index contributed by atoms with van der Waals surface area (Å²) in [6.45, 7) is 1.08. The van der Waals surface area contributed by atoms with Crippen LogP contribution in [0, 0.1) is 0 Å². The fourth-order valence-electron chi connectivity index (χ4n) is 0.891. The molecule has 62 valence electrons. The monoisotopic (exact) mass is 164 g/mol. The highest BCUT2D eigenvalue weighted by Crippen LogP contribution is 2.19. The molecule has 0 radical (unpaired) electrons. The summed E-state index contributed by atoms with van der Waals surface area (Å²) in [4.78, 5) is 19.7. The molecule has 0 aliphatic heterocycles. The van der Waals surface area contributed by atoms with Crippen LogP contribution in [0.5, 0.6) is 0 Å². The summed E-state index contributed by atoms with van der Waals surface area (Å²) >= 11 is 0. The van der Waals surface area contributed by atoms with Crippen molar-refractivity contribution >= 4 is 11.8 Å². The maximum absolute atomic E-state index is 10.7. The molecule has 0 fully saturated rings. The van der Waals surface area contributed by atoms with E-state index in [1.807, 2.05) is 24.3 Å². The number of ketones is 1. The van der Waals surface area contributed by atoms with E-state index < -0.39 is 5.97 Å². The Labute approximate surface area is 69.6 Å². The van der Waals surface area contributed by atoms with Crippen molar-refractivity contribution in [2.24, 2.45) is 0 Å². The number of carboxylic acid groups (broad SMARTS) is 1. The van der Waals surface area contributed by atoms with E-state index in [1.165, 1.54) is 0 Å². The van der Waals surface area contributed by atoms with E-state index in [4.69, 9.17) is 9.90 Å². The van der Waals surface area contributed by atoms with Crippen molar-refractivity contribution in [3.05, 3.63) is 35.4 Å². The molecule has 1 N–H and O–H groups in total. The zero-order chi connectivity index (χ0) is 9.14. The summed E-state index contributed by atoms with van der Waals surface area (Å²) in [6, 6.07) is 7.44.